The molecule has 1 aromatic carbocycles. The highest BCUT2D eigenvalue weighted by atomic mass is 16.5. The quantitative estimate of drug-likeness (QED) is 0.572. The molecule has 1 atom stereocenters. The third-order valence-corrected chi connectivity index (χ3v) is 3.15. The smallest absolute Gasteiger partial charge is 0.316 e. The molecule has 0 spiro atoms. The largest absolute Gasteiger partial charge is 0.465 e. The summed E-state index contributed by atoms with van der Waals surface area (Å²) in [5.41, 5.74) is 2.16. The van der Waals surface area contributed by atoms with Gasteiger partial charge in [0.05, 0.1) is 6.61 Å². The number of ether oxygens (including phenoxy) is 1. The van der Waals surface area contributed by atoms with Gasteiger partial charge in [-0.1, -0.05) is 24.3 Å². The van der Waals surface area contributed by atoms with E-state index < -0.39 is 11.9 Å². The first-order valence-electron chi connectivity index (χ1n) is 7.06. The zero-order chi connectivity index (χ0) is 15.8. The molecule has 1 unspecified atom stereocenters. The molecular weight excluding hydrogens is 266 g/mol. The SMILES string of the molecule is CCOC(=O)C(C/C=C/c1ccc(N(C)C)cc1)C(C)=O. The Morgan fingerprint density at radius 3 is 2.33 bits per heavy atom. The Balaban J connectivity index is 2.66. The molecule has 0 saturated heterocycles. The van der Waals surface area contributed by atoms with Crippen LogP contribution < -0.4 is 4.90 Å². The summed E-state index contributed by atoms with van der Waals surface area (Å²) in [5, 5.41) is 0. The van der Waals surface area contributed by atoms with Crippen molar-refractivity contribution >= 4 is 23.5 Å². The van der Waals surface area contributed by atoms with Crippen LogP contribution in [0.25, 0.3) is 6.08 Å². The van der Waals surface area contributed by atoms with Crippen LogP contribution in [-0.2, 0) is 14.3 Å². The average molecular weight is 289 g/mol. The van der Waals surface area contributed by atoms with E-state index in [2.05, 4.69) is 0 Å². The van der Waals surface area contributed by atoms with Gasteiger partial charge in [-0.3, -0.25) is 9.59 Å². The van der Waals surface area contributed by atoms with E-state index in [1.54, 1.807) is 6.92 Å². The third-order valence-electron chi connectivity index (χ3n) is 3.15. The van der Waals surface area contributed by atoms with Crippen LogP contribution in [0.1, 0.15) is 25.8 Å². The second-order valence-corrected chi connectivity index (χ2v) is 5.04. The first-order chi connectivity index (χ1) is 9.95. The molecule has 4 heteroatoms. The van der Waals surface area contributed by atoms with Crippen LogP contribution in [0.15, 0.2) is 30.3 Å². The summed E-state index contributed by atoms with van der Waals surface area (Å²) in [5.74, 6) is -1.32. The maximum atomic E-state index is 11.7. The van der Waals surface area contributed by atoms with E-state index in [9.17, 15) is 9.59 Å². The Morgan fingerprint density at radius 2 is 1.86 bits per heavy atom. The van der Waals surface area contributed by atoms with Gasteiger partial charge in [-0.2, -0.15) is 0 Å². The van der Waals surface area contributed by atoms with Gasteiger partial charge in [-0.25, -0.2) is 0 Å². The summed E-state index contributed by atoms with van der Waals surface area (Å²) in [4.78, 5) is 25.2. The number of nitrogens with zero attached hydrogens (tertiary/aromatic N) is 1. The fourth-order valence-corrected chi connectivity index (χ4v) is 1.89. The minimum Gasteiger partial charge on any atom is -0.465 e. The fourth-order valence-electron chi connectivity index (χ4n) is 1.89. The first kappa shape index (κ1) is 17.0. The number of rotatable bonds is 7. The number of benzene rings is 1. The Bertz CT molecular complexity index is 503. The van der Waals surface area contributed by atoms with Crippen LogP contribution >= 0.6 is 0 Å². The highest BCUT2D eigenvalue weighted by Gasteiger charge is 2.22. The maximum Gasteiger partial charge on any atom is 0.316 e. The highest BCUT2D eigenvalue weighted by Crippen LogP contribution is 2.15. The molecule has 4 nitrogen and oxygen atoms in total. The van der Waals surface area contributed by atoms with Gasteiger partial charge >= 0.3 is 5.97 Å². The molecule has 0 aliphatic carbocycles. The molecule has 0 aliphatic heterocycles. The molecule has 0 radical (unpaired) electrons. The van der Waals surface area contributed by atoms with Crippen molar-refractivity contribution in [3.63, 3.8) is 0 Å². The predicted octanol–water partition coefficient (Wildman–Crippen LogP) is 2.92. The number of carbonyl (C=O) groups excluding carboxylic acids is 2. The van der Waals surface area contributed by atoms with Gasteiger partial charge in [0, 0.05) is 19.8 Å². The van der Waals surface area contributed by atoms with E-state index in [1.165, 1.54) is 6.92 Å². The number of hydrogen-bond acceptors (Lipinski definition) is 4. The Kier molecular flexibility index (Phi) is 6.66. The molecule has 0 aromatic heterocycles. The summed E-state index contributed by atoms with van der Waals surface area (Å²) in [6.07, 6.45) is 4.12. The van der Waals surface area contributed by atoms with Gasteiger partial charge < -0.3 is 9.64 Å². The molecule has 1 rings (SSSR count). The summed E-state index contributed by atoms with van der Waals surface area (Å²) >= 11 is 0. The van der Waals surface area contributed by atoms with E-state index in [1.807, 2.05) is 55.4 Å². The zero-order valence-electron chi connectivity index (χ0n) is 13.1. The molecule has 0 fully saturated rings. The lowest BCUT2D eigenvalue weighted by molar-refractivity contribution is -0.150. The number of anilines is 1. The van der Waals surface area contributed by atoms with Crippen LogP contribution in [0.2, 0.25) is 0 Å². The maximum absolute atomic E-state index is 11.7. The van der Waals surface area contributed by atoms with E-state index in [-0.39, 0.29) is 5.78 Å². The summed E-state index contributed by atoms with van der Waals surface area (Å²) in [6, 6.07) is 8.04. The molecule has 1 aromatic rings. The molecule has 21 heavy (non-hydrogen) atoms. The predicted molar refractivity (Wildman–Crippen MR) is 85.2 cm³/mol. The third kappa shape index (κ3) is 5.42. The number of Topliss-reactive ketones (excluding diaryl/α,β-unsaturated/α-hetero) is 1. The van der Waals surface area contributed by atoms with Crippen LogP contribution in [0, 0.1) is 5.92 Å². The molecule has 0 aliphatic rings. The molecule has 0 N–H and O–H groups in total. The molecule has 0 heterocycles. The topological polar surface area (TPSA) is 46.6 Å². The van der Waals surface area contributed by atoms with Gasteiger partial charge in [0.1, 0.15) is 11.7 Å². The molecule has 0 amide bonds. The van der Waals surface area contributed by atoms with Crippen LogP contribution in [-0.4, -0.2) is 32.5 Å². The monoisotopic (exact) mass is 289 g/mol. The van der Waals surface area contributed by atoms with Crippen molar-refractivity contribution in [3.05, 3.63) is 35.9 Å². The van der Waals surface area contributed by atoms with Gasteiger partial charge in [0.15, 0.2) is 0 Å². The van der Waals surface area contributed by atoms with Crippen molar-refractivity contribution in [3.8, 4) is 0 Å². The fraction of sp³-hybridized carbons (Fsp3) is 0.412. The molecular formula is C17H23NO3. The van der Waals surface area contributed by atoms with E-state index in [4.69, 9.17) is 4.74 Å². The lowest BCUT2D eigenvalue weighted by Gasteiger charge is -2.12. The van der Waals surface area contributed by atoms with Gasteiger partial charge in [-0.05, 0) is 38.0 Å². The van der Waals surface area contributed by atoms with Crippen molar-refractivity contribution in [1.29, 1.82) is 0 Å². The number of esters is 1. The minimum absolute atomic E-state index is 0.166. The van der Waals surface area contributed by atoms with Crippen molar-refractivity contribution in [2.45, 2.75) is 20.3 Å². The van der Waals surface area contributed by atoms with Crippen LogP contribution in [0.4, 0.5) is 5.69 Å². The number of carbonyl (C=O) groups is 2. The Hall–Kier alpha value is -2.10. The Labute approximate surface area is 126 Å². The van der Waals surface area contributed by atoms with Crippen LogP contribution in [0.3, 0.4) is 0 Å². The number of hydrogen-bond donors (Lipinski definition) is 0. The van der Waals surface area contributed by atoms with E-state index in [0.717, 1.165) is 11.3 Å². The summed E-state index contributed by atoms with van der Waals surface area (Å²) in [6.45, 7) is 3.44. The van der Waals surface area contributed by atoms with Crippen LogP contribution in [0.5, 0.6) is 0 Å². The summed E-state index contributed by atoms with van der Waals surface area (Å²) < 4.78 is 4.91. The standard InChI is InChI=1S/C17H23NO3/c1-5-21-17(20)16(13(2)19)8-6-7-14-9-11-15(12-10-14)18(3)4/h6-7,9-12,16H,5,8H2,1-4H3/b7-6+. The van der Waals surface area contributed by atoms with Crippen molar-refractivity contribution in [1.82, 2.24) is 0 Å². The lowest BCUT2D eigenvalue weighted by Crippen LogP contribution is -2.23. The van der Waals surface area contributed by atoms with E-state index in [0.29, 0.717) is 13.0 Å². The highest BCUT2D eigenvalue weighted by molar-refractivity contribution is 5.97. The van der Waals surface area contributed by atoms with Crippen molar-refractivity contribution in [2.24, 2.45) is 5.92 Å². The normalized spacial score (nSPS) is 12.2. The first-order valence-corrected chi connectivity index (χ1v) is 7.06. The van der Waals surface area contributed by atoms with Gasteiger partial charge in [0.25, 0.3) is 0 Å². The number of ketones is 1. The molecule has 0 saturated carbocycles. The van der Waals surface area contributed by atoms with Crippen molar-refractivity contribution in [2.75, 3.05) is 25.6 Å². The van der Waals surface area contributed by atoms with Gasteiger partial charge in [0.2, 0.25) is 0 Å². The Morgan fingerprint density at radius 1 is 1.24 bits per heavy atom. The lowest BCUT2D eigenvalue weighted by atomic mass is 10.0. The number of allylic oxidation sites excluding steroid dienone is 1. The zero-order valence-corrected chi connectivity index (χ0v) is 13.1. The second-order valence-electron chi connectivity index (χ2n) is 5.04. The van der Waals surface area contributed by atoms with Gasteiger partial charge in [-0.15, -0.1) is 0 Å². The minimum atomic E-state index is -0.706. The second kappa shape index (κ2) is 8.25. The van der Waals surface area contributed by atoms with Crippen molar-refractivity contribution < 1.29 is 14.3 Å². The van der Waals surface area contributed by atoms with E-state index >= 15 is 0 Å². The molecule has 0 bridgehead atoms. The summed E-state index contributed by atoms with van der Waals surface area (Å²) in [7, 11) is 3.98. The average Bonchev–Trinajstić information content (AvgIpc) is 2.43. The molecule has 114 valence electrons.